The minimum atomic E-state index is -0.284. The lowest BCUT2D eigenvalue weighted by Crippen LogP contribution is -2.42. The highest BCUT2D eigenvalue weighted by atomic mass is 16.2. The Morgan fingerprint density at radius 3 is 2.48 bits per heavy atom. The standard InChI is InChI=1S/C18H27N3O2/c1-12-8-13(2)11-21(10-12)18(23)15-6-4-5-7-16(15)20-17(22)14(3)9-19/h4-7,12-14H,8-11,19H2,1-3H3,(H,20,22). The summed E-state index contributed by atoms with van der Waals surface area (Å²) >= 11 is 0. The van der Waals surface area contributed by atoms with Gasteiger partial charge in [-0.2, -0.15) is 0 Å². The summed E-state index contributed by atoms with van der Waals surface area (Å²) in [6.07, 6.45) is 1.15. The van der Waals surface area contributed by atoms with Crippen LogP contribution in [-0.2, 0) is 4.79 Å². The largest absolute Gasteiger partial charge is 0.338 e. The van der Waals surface area contributed by atoms with Crippen molar-refractivity contribution < 1.29 is 9.59 Å². The van der Waals surface area contributed by atoms with E-state index in [9.17, 15) is 9.59 Å². The van der Waals surface area contributed by atoms with E-state index in [-0.39, 0.29) is 24.3 Å². The molecule has 3 N–H and O–H groups in total. The van der Waals surface area contributed by atoms with Crippen molar-refractivity contribution >= 4 is 17.5 Å². The first-order valence-electron chi connectivity index (χ1n) is 8.31. The van der Waals surface area contributed by atoms with Gasteiger partial charge in [-0.25, -0.2) is 0 Å². The molecule has 5 heteroatoms. The van der Waals surface area contributed by atoms with Crippen molar-refractivity contribution in [1.82, 2.24) is 4.90 Å². The SMILES string of the molecule is CC1CC(C)CN(C(=O)c2ccccc2NC(=O)C(C)CN)C1. The zero-order chi connectivity index (χ0) is 17.0. The number of nitrogens with two attached hydrogens (primary N) is 1. The van der Waals surface area contributed by atoms with Gasteiger partial charge >= 0.3 is 0 Å². The van der Waals surface area contributed by atoms with Crippen molar-refractivity contribution in [3.63, 3.8) is 0 Å². The molecule has 3 atom stereocenters. The molecule has 2 amide bonds. The van der Waals surface area contributed by atoms with E-state index >= 15 is 0 Å². The third kappa shape index (κ3) is 4.32. The van der Waals surface area contributed by atoms with Crippen molar-refractivity contribution in [2.75, 3.05) is 25.0 Å². The molecule has 3 unspecified atom stereocenters. The minimum Gasteiger partial charge on any atom is -0.338 e. The molecule has 2 rings (SSSR count). The highest BCUT2D eigenvalue weighted by Crippen LogP contribution is 2.25. The van der Waals surface area contributed by atoms with Crippen LogP contribution in [0.1, 0.15) is 37.6 Å². The third-order valence-corrected chi connectivity index (χ3v) is 4.37. The van der Waals surface area contributed by atoms with Gasteiger partial charge in [-0.15, -0.1) is 0 Å². The topological polar surface area (TPSA) is 75.4 Å². The Hall–Kier alpha value is -1.88. The van der Waals surface area contributed by atoms with Crippen LogP contribution in [0.25, 0.3) is 0 Å². The molecule has 1 aromatic rings. The van der Waals surface area contributed by atoms with E-state index in [0.717, 1.165) is 19.5 Å². The van der Waals surface area contributed by atoms with Gasteiger partial charge in [0.2, 0.25) is 5.91 Å². The number of hydrogen-bond acceptors (Lipinski definition) is 3. The summed E-state index contributed by atoms with van der Waals surface area (Å²) in [4.78, 5) is 26.9. The summed E-state index contributed by atoms with van der Waals surface area (Å²) in [6, 6.07) is 7.19. The third-order valence-electron chi connectivity index (χ3n) is 4.37. The molecule has 0 radical (unpaired) electrons. The quantitative estimate of drug-likeness (QED) is 0.895. The average Bonchev–Trinajstić information content (AvgIpc) is 2.53. The fourth-order valence-electron chi connectivity index (χ4n) is 3.14. The molecule has 1 aliphatic heterocycles. The molecule has 5 nitrogen and oxygen atoms in total. The molecule has 0 bridgehead atoms. The summed E-state index contributed by atoms with van der Waals surface area (Å²) in [5.74, 6) is 0.546. The Balaban J connectivity index is 2.19. The number of amides is 2. The molecular weight excluding hydrogens is 290 g/mol. The predicted octanol–water partition coefficient (Wildman–Crippen LogP) is 2.34. The molecule has 1 fully saturated rings. The van der Waals surface area contributed by atoms with Crippen LogP contribution in [0, 0.1) is 17.8 Å². The number of nitrogens with one attached hydrogen (secondary N) is 1. The molecule has 1 saturated heterocycles. The van der Waals surface area contributed by atoms with Crippen LogP contribution < -0.4 is 11.1 Å². The van der Waals surface area contributed by atoms with Crippen LogP contribution in [0.4, 0.5) is 5.69 Å². The summed E-state index contributed by atoms with van der Waals surface area (Å²) in [5.41, 5.74) is 6.65. The lowest BCUT2D eigenvalue weighted by atomic mass is 9.91. The number of carbonyl (C=O) groups excluding carboxylic acids is 2. The summed E-state index contributed by atoms with van der Waals surface area (Å²) in [6.45, 7) is 7.94. The number of benzene rings is 1. The average molecular weight is 317 g/mol. The molecule has 0 spiro atoms. The molecule has 126 valence electrons. The van der Waals surface area contributed by atoms with Crippen molar-refractivity contribution in [2.45, 2.75) is 27.2 Å². The summed E-state index contributed by atoms with van der Waals surface area (Å²) in [5, 5.41) is 2.84. The fourth-order valence-corrected chi connectivity index (χ4v) is 3.14. The van der Waals surface area contributed by atoms with Gasteiger partial charge in [-0.05, 0) is 30.4 Å². The van der Waals surface area contributed by atoms with Crippen LogP contribution >= 0.6 is 0 Å². The predicted molar refractivity (Wildman–Crippen MR) is 92.1 cm³/mol. The maximum absolute atomic E-state index is 12.9. The number of piperidine rings is 1. The second kappa shape index (κ2) is 7.59. The molecule has 1 aromatic carbocycles. The van der Waals surface area contributed by atoms with Gasteiger partial charge in [-0.3, -0.25) is 9.59 Å². The van der Waals surface area contributed by atoms with Crippen LogP contribution in [0.15, 0.2) is 24.3 Å². The van der Waals surface area contributed by atoms with Gasteiger partial charge in [0.1, 0.15) is 0 Å². The van der Waals surface area contributed by atoms with E-state index in [0.29, 0.717) is 23.1 Å². The maximum Gasteiger partial charge on any atom is 0.255 e. The second-order valence-electron chi connectivity index (χ2n) is 6.83. The smallest absolute Gasteiger partial charge is 0.255 e. The highest BCUT2D eigenvalue weighted by Gasteiger charge is 2.27. The van der Waals surface area contributed by atoms with Gasteiger partial charge in [-0.1, -0.05) is 32.9 Å². The van der Waals surface area contributed by atoms with Crippen molar-refractivity contribution in [2.24, 2.45) is 23.5 Å². The first kappa shape index (κ1) is 17.5. The summed E-state index contributed by atoms with van der Waals surface area (Å²) in [7, 11) is 0. The van der Waals surface area contributed by atoms with Crippen molar-refractivity contribution in [3.05, 3.63) is 29.8 Å². The number of nitrogens with zero attached hydrogens (tertiary/aromatic N) is 1. The van der Waals surface area contributed by atoms with Crippen LogP contribution in [0.5, 0.6) is 0 Å². The monoisotopic (exact) mass is 317 g/mol. The Labute approximate surface area is 138 Å². The van der Waals surface area contributed by atoms with Gasteiger partial charge in [0.25, 0.3) is 5.91 Å². The van der Waals surface area contributed by atoms with Crippen LogP contribution in [0.3, 0.4) is 0 Å². The second-order valence-corrected chi connectivity index (χ2v) is 6.83. The molecule has 0 aliphatic carbocycles. The first-order chi connectivity index (χ1) is 10.9. The fraction of sp³-hybridized carbons (Fsp3) is 0.556. The van der Waals surface area contributed by atoms with Gasteiger partial charge < -0.3 is 16.0 Å². The van der Waals surface area contributed by atoms with E-state index in [1.807, 2.05) is 17.0 Å². The zero-order valence-electron chi connectivity index (χ0n) is 14.2. The Morgan fingerprint density at radius 2 is 1.87 bits per heavy atom. The van der Waals surface area contributed by atoms with E-state index in [4.69, 9.17) is 5.73 Å². The number of rotatable bonds is 4. The van der Waals surface area contributed by atoms with E-state index in [2.05, 4.69) is 19.2 Å². The Morgan fingerprint density at radius 1 is 1.26 bits per heavy atom. The van der Waals surface area contributed by atoms with Gasteiger partial charge in [0.15, 0.2) is 0 Å². The number of hydrogen-bond donors (Lipinski definition) is 2. The first-order valence-corrected chi connectivity index (χ1v) is 8.31. The van der Waals surface area contributed by atoms with Crippen LogP contribution in [-0.4, -0.2) is 36.3 Å². The minimum absolute atomic E-state index is 0.0142. The molecule has 1 aliphatic rings. The molecule has 0 saturated carbocycles. The lowest BCUT2D eigenvalue weighted by molar-refractivity contribution is -0.119. The maximum atomic E-state index is 12.9. The highest BCUT2D eigenvalue weighted by molar-refractivity contribution is 6.04. The molecule has 0 aromatic heterocycles. The van der Waals surface area contributed by atoms with E-state index < -0.39 is 0 Å². The number of para-hydroxylation sites is 1. The van der Waals surface area contributed by atoms with E-state index in [1.165, 1.54) is 0 Å². The number of carbonyl (C=O) groups is 2. The Kier molecular flexibility index (Phi) is 5.77. The normalized spacial score (nSPS) is 22.5. The summed E-state index contributed by atoms with van der Waals surface area (Å²) < 4.78 is 0. The van der Waals surface area contributed by atoms with Gasteiger partial charge in [0.05, 0.1) is 11.3 Å². The molecule has 1 heterocycles. The molecule has 23 heavy (non-hydrogen) atoms. The zero-order valence-corrected chi connectivity index (χ0v) is 14.2. The number of anilines is 1. The van der Waals surface area contributed by atoms with Crippen molar-refractivity contribution in [3.8, 4) is 0 Å². The van der Waals surface area contributed by atoms with Gasteiger partial charge in [0, 0.05) is 25.6 Å². The lowest BCUT2D eigenvalue weighted by Gasteiger charge is -2.35. The number of likely N-dealkylation sites (tertiary alicyclic amines) is 1. The Bertz CT molecular complexity index is 563. The molecular formula is C18H27N3O2. The van der Waals surface area contributed by atoms with Crippen molar-refractivity contribution in [1.29, 1.82) is 0 Å². The van der Waals surface area contributed by atoms with E-state index in [1.54, 1.807) is 19.1 Å². The van der Waals surface area contributed by atoms with Crippen LogP contribution in [0.2, 0.25) is 0 Å².